The summed E-state index contributed by atoms with van der Waals surface area (Å²) in [6, 6.07) is 5.68. The summed E-state index contributed by atoms with van der Waals surface area (Å²) in [5.74, 6) is 0.758. The van der Waals surface area contributed by atoms with Crippen molar-refractivity contribution in [3.05, 3.63) is 27.7 Å². The SMILES string of the molecule is COCCC[NH2+]CCCCOc1ccc(Br)cc1Cl. The second-order valence-corrected chi connectivity index (χ2v) is 5.67. The molecule has 1 rings (SSSR count). The average molecular weight is 352 g/mol. The third kappa shape index (κ3) is 7.78. The number of unbranched alkanes of at least 4 members (excludes halogenated alkanes) is 1. The molecule has 0 aliphatic heterocycles. The number of nitrogens with two attached hydrogens (primary N) is 1. The normalized spacial score (nSPS) is 10.7. The van der Waals surface area contributed by atoms with Gasteiger partial charge in [-0.3, -0.25) is 0 Å². The zero-order chi connectivity index (χ0) is 13.9. The first-order valence-electron chi connectivity index (χ1n) is 6.62. The number of ether oxygens (including phenoxy) is 2. The molecule has 1 aromatic rings. The van der Waals surface area contributed by atoms with E-state index < -0.39 is 0 Å². The molecule has 0 heterocycles. The predicted octanol–water partition coefficient (Wildman–Crippen LogP) is 2.86. The lowest BCUT2D eigenvalue weighted by Crippen LogP contribution is -2.84. The Morgan fingerprint density at radius 2 is 1.95 bits per heavy atom. The molecule has 108 valence electrons. The van der Waals surface area contributed by atoms with Crippen LogP contribution in [0, 0.1) is 0 Å². The Bertz CT molecular complexity index is 363. The molecule has 1 aromatic carbocycles. The average Bonchev–Trinajstić information content (AvgIpc) is 2.39. The molecule has 0 unspecified atom stereocenters. The van der Waals surface area contributed by atoms with E-state index in [-0.39, 0.29) is 0 Å². The molecule has 5 heteroatoms. The Balaban J connectivity index is 2.01. The first kappa shape index (κ1) is 16.8. The second-order valence-electron chi connectivity index (χ2n) is 4.34. The summed E-state index contributed by atoms with van der Waals surface area (Å²) in [6.45, 7) is 3.84. The Morgan fingerprint density at radius 1 is 1.16 bits per heavy atom. The first-order valence-corrected chi connectivity index (χ1v) is 7.79. The molecule has 3 nitrogen and oxygen atoms in total. The molecule has 0 aliphatic carbocycles. The molecule has 0 aliphatic rings. The Kier molecular flexibility index (Phi) is 9.26. The van der Waals surface area contributed by atoms with Gasteiger partial charge in [0.05, 0.1) is 31.3 Å². The summed E-state index contributed by atoms with van der Waals surface area (Å²) < 4.78 is 11.6. The fourth-order valence-corrected chi connectivity index (χ4v) is 2.41. The van der Waals surface area contributed by atoms with E-state index in [1.54, 1.807) is 7.11 Å². The van der Waals surface area contributed by atoms with Crippen LogP contribution in [0.1, 0.15) is 19.3 Å². The highest BCUT2D eigenvalue weighted by molar-refractivity contribution is 9.10. The summed E-state index contributed by atoms with van der Waals surface area (Å²) in [7, 11) is 1.74. The molecular weight excluding hydrogens is 330 g/mol. The molecule has 0 atom stereocenters. The molecule has 0 amide bonds. The van der Waals surface area contributed by atoms with E-state index in [0.29, 0.717) is 11.6 Å². The minimum absolute atomic E-state index is 0.653. The molecule has 0 aromatic heterocycles. The van der Waals surface area contributed by atoms with Crippen molar-refractivity contribution in [2.24, 2.45) is 0 Å². The summed E-state index contributed by atoms with van der Waals surface area (Å²) in [5.41, 5.74) is 0. The highest BCUT2D eigenvalue weighted by atomic mass is 79.9. The fraction of sp³-hybridized carbons (Fsp3) is 0.571. The van der Waals surface area contributed by atoms with E-state index in [0.717, 1.165) is 49.2 Å². The van der Waals surface area contributed by atoms with Gasteiger partial charge >= 0.3 is 0 Å². The van der Waals surface area contributed by atoms with Gasteiger partial charge in [0.2, 0.25) is 0 Å². The van der Waals surface area contributed by atoms with E-state index in [9.17, 15) is 0 Å². The fourth-order valence-electron chi connectivity index (χ4n) is 1.68. The predicted molar refractivity (Wildman–Crippen MR) is 82.0 cm³/mol. The molecular formula is C14H22BrClNO2+. The van der Waals surface area contributed by atoms with Gasteiger partial charge in [-0.2, -0.15) is 0 Å². The molecule has 0 saturated carbocycles. The molecule has 19 heavy (non-hydrogen) atoms. The van der Waals surface area contributed by atoms with E-state index in [2.05, 4.69) is 21.2 Å². The van der Waals surface area contributed by atoms with E-state index in [4.69, 9.17) is 21.1 Å². The number of hydrogen-bond donors (Lipinski definition) is 1. The largest absolute Gasteiger partial charge is 0.492 e. The summed E-state index contributed by atoms with van der Waals surface area (Å²) in [5, 5.41) is 2.98. The first-order chi connectivity index (χ1) is 9.24. The van der Waals surface area contributed by atoms with Crippen LogP contribution in [-0.4, -0.2) is 33.4 Å². The van der Waals surface area contributed by atoms with E-state index >= 15 is 0 Å². The van der Waals surface area contributed by atoms with Gasteiger partial charge in [0.25, 0.3) is 0 Å². The van der Waals surface area contributed by atoms with Crippen molar-refractivity contribution in [2.45, 2.75) is 19.3 Å². The minimum Gasteiger partial charge on any atom is -0.492 e. The quantitative estimate of drug-likeness (QED) is 0.658. The van der Waals surface area contributed by atoms with E-state index in [1.165, 1.54) is 0 Å². The number of quaternary nitrogens is 1. The van der Waals surface area contributed by atoms with Crippen molar-refractivity contribution in [2.75, 3.05) is 33.4 Å². The van der Waals surface area contributed by atoms with Gasteiger partial charge in [-0.25, -0.2) is 0 Å². The van der Waals surface area contributed by atoms with Crippen molar-refractivity contribution >= 4 is 27.5 Å². The van der Waals surface area contributed by atoms with Gasteiger partial charge in [-0.1, -0.05) is 27.5 Å². The number of rotatable bonds is 10. The lowest BCUT2D eigenvalue weighted by Gasteiger charge is -2.08. The van der Waals surface area contributed by atoms with Crippen LogP contribution < -0.4 is 10.1 Å². The van der Waals surface area contributed by atoms with Crippen LogP contribution in [-0.2, 0) is 4.74 Å². The van der Waals surface area contributed by atoms with Gasteiger partial charge in [0, 0.05) is 18.0 Å². The van der Waals surface area contributed by atoms with Crippen LogP contribution in [0.4, 0.5) is 0 Å². The van der Waals surface area contributed by atoms with Crippen molar-refractivity contribution < 1.29 is 14.8 Å². The van der Waals surface area contributed by atoms with Crippen LogP contribution in [0.25, 0.3) is 0 Å². The molecule has 0 saturated heterocycles. The van der Waals surface area contributed by atoms with Gasteiger partial charge in [-0.05, 0) is 31.0 Å². The minimum atomic E-state index is 0.653. The number of methoxy groups -OCH3 is 1. The molecule has 0 radical (unpaired) electrons. The zero-order valence-electron chi connectivity index (χ0n) is 11.3. The lowest BCUT2D eigenvalue weighted by molar-refractivity contribution is -0.655. The highest BCUT2D eigenvalue weighted by Gasteiger charge is 2.01. The number of benzene rings is 1. The van der Waals surface area contributed by atoms with Crippen LogP contribution >= 0.6 is 27.5 Å². The number of halogens is 2. The maximum absolute atomic E-state index is 6.07. The van der Waals surface area contributed by atoms with Crippen LogP contribution in [0.5, 0.6) is 5.75 Å². The third-order valence-electron chi connectivity index (χ3n) is 2.71. The maximum Gasteiger partial charge on any atom is 0.137 e. The highest BCUT2D eigenvalue weighted by Crippen LogP contribution is 2.27. The standard InChI is InChI=1S/C14H21BrClNO2/c1-18-9-4-8-17-7-2-3-10-19-14-6-5-12(15)11-13(14)16/h5-6,11,17H,2-4,7-10H2,1H3/p+1. The summed E-state index contributed by atoms with van der Waals surface area (Å²) >= 11 is 9.44. The Morgan fingerprint density at radius 3 is 2.68 bits per heavy atom. The van der Waals surface area contributed by atoms with Gasteiger partial charge in [0.1, 0.15) is 5.75 Å². The molecule has 0 bridgehead atoms. The molecule has 0 spiro atoms. The van der Waals surface area contributed by atoms with Crippen molar-refractivity contribution in [1.29, 1.82) is 0 Å². The summed E-state index contributed by atoms with van der Waals surface area (Å²) in [6.07, 6.45) is 3.32. The topological polar surface area (TPSA) is 35.1 Å². The van der Waals surface area contributed by atoms with Gasteiger partial charge < -0.3 is 14.8 Å². The monoisotopic (exact) mass is 350 g/mol. The van der Waals surface area contributed by atoms with Gasteiger partial charge in [-0.15, -0.1) is 0 Å². The lowest BCUT2D eigenvalue weighted by atomic mass is 10.3. The van der Waals surface area contributed by atoms with E-state index in [1.807, 2.05) is 18.2 Å². The van der Waals surface area contributed by atoms with Crippen molar-refractivity contribution in [3.8, 4) is 5.75 Å². The molecule has 0 fully saturated rings. The third-order valence-corrected chi connectivity index (χ3v) is 3.50. The van der Waals surface area contributed by atoms with Crippen LogP contribution in [0.3, 0.4) is 0 Å². The smallest absolute Gasteiger partial charge is 0.137 e. The molecule has 2 N–H and O–H groups in total. The Hall–Kier alpha value is -0.290. The van der Waals surface area contributed by atoms with Crippen molar-refractivity contribution in [1.82, 2.24) is 0 Å². The van der Waals surface area contributed by atoms with Gasteiger partial charge in [0.15, 0.2) is 0 Å². The number of hydrogen-bond acceptors (Lipinski definition) is 2. The van der Waals surface area contributed by atoms with Crippen molar-refractivity contribution in [3.63, 3.8) is 0 Å². The van der Waals surface area contributed by atoms with Crippen LogP contribution in [0.15, 0.2) is 22.7 Å². The summed E-state index contributed by atoms with van der Waals surface area (Å²) in [4.78, 5) is 0. The Labute approximate surface area is 128 Å². The second kappa shape index (κ2) is 10.5. The zero-order valence-corrected chi connectivity index (χ0v) is 13.7. The van der Waals surface area contributed by atoms with Crippen LogP contribution in [0.2, 0.25) is 5.02 Å². The maximum atomic E-state index is 6.07.